The standard InChI is InChI=1S/C14H23OS.C8HF17O3S/c1-4-7-12-15-13-8-10-14(11-9-13)16(5-2)6-3;9-1(10,3(13,14)5(17,18)7(21,22)23)2(11,12)4(15,16)6(19,20)8(24,25)29(26,27)28/h8-11H,4-7,12H2,1-3H3;(H,26,27,28)/q+1;/p-1. The van der Waals surface area contributed by atoms with Gasteiger partial charge in [0.2, 0.25) is 0 Å². The van der Waals surface area contributed by atoms with Gasteiger partial charge in [0.1, 0.15) is 17.3 Å². The Kier molecular flexibility index (Phi) is 13.5. The van der Waals surface area contributed by atoms with Gasteiger partial charge in [0.15, 0.2) is 15.0 Å². The molecule has 1 rings (SSSR count). The molecule has 0 saturated heterocycles. The van der Waals surface area contributed by atoms with Crippen molar-refractivity contribution in [3.63, 3.8) is 0 Å². The first-order chi connectivity index (χ1) is 19.8. The Balaban J connectivity index is 0.00000101. The minimum Gasteiger partial charge on any atom is -0.743 e. The maximum Gasteiger partial charge on any atom is 0.460 e. The van der Waals surface area contributed by atoms with E-state index in [1.165, 1.54) is 22.8 Å². The molecule has 0 N–H and O–H groups in total. The zero-order valence-corrected chi connectivity index (χ0v) is 24.4. The van der Waals surface area contributed by atoms with Gasteiger partial charge in [-0.1, -0.05) is 13.3 Å². The van der Waals surface area contributed by atoms with E-state index in [4.69, 9.17) is 4.74 Å². The highest BCUT2D eigenvalue weighted by atomic mass is 32.2. The summed E-state index contributed by atoms with van der Waals surface area (Å²) in [4.78, 5) is 1.47. The van der Waals surface area contributed by atoms with Crippen LogP contribution >= 0.6 is 0 Å². The lowest BCUT2D eigenvalue weighted by molar-refractivity contribution is -0.458. The number of ether oxygens (including phenoxy) is 1. The third-order valence-electron chi connectivity index (χ3n) is 5.63. The monoisotopic (exact) mass is 738 g/mol. The van der Waals surface area contributed by atoms with Crippen molar-refractivity contribution in [2.24, 2.45) is 0 Å². The van der Waals surface area contributed by atoms with Crippen molar-refractivity contribution >= 4 is 21.0 Å². The van der Waals surface area contributed by atoms with Gasteiger partial charge in [-0.3, -0.25) is 0 Å². The van der Waals surface area contributed by atoms with E-state index in [-0.39, 0.29) is 0 Å². The minimum atomic E-state index is -8.92. The van der Waals surface area contributed by atoms with Crippen molar-refractivity contribution in [2.75, 3.05) is 18.1 Å². The zero-order valence-electron chi connectivity index (χ0n) is 22.7. The van der Waals surface area contributed by atoms with E-state index in [0.29, 0.717) is 10.9 Å². The Bertz CT molecular complexity index is 1200. The number of hydrogen-bond donors (Lipinski definition) is 0. The molecular formula is C22H23F17O4S2. The number of alkyl halides is 17. The third-order valence-corrected chi connectivity index (χ3v) is 8.84. The normalized spacial score (nSPS) is 14.7. The highest BCUT2D eigenvalue weighted by Gasteiger charge is 2.95. The molecule has 0 amide bonds. The number of hydrogen-bond acceptors (Lipinski definition) is 4. The van der Waals surface area contributed by atoms with Gasteiger partial charge >= 0.3 is 47.0 Å². The molecule has 0 atom stereocenters. The highest BCUT2D eigenvalue weighted by Crippen LogP contribution is 2.64. The quantitative estimate of drug-likeness (QED) is 0.0833. The summed E-state index contributed by atoms with van der Waals surface area (Å²) < 4.78 is 250. The van der Waals surface area contributed by atoms with Crippen LogP contribution in [0.2, 0.25) is 0 Å². The second kappa shape index (κ2) is 14.1. The van der Waals surface area contributed by atoms with Crippen LogP contribution in [-0.4, -0.2) is 78.0 Å². The highest BCUT2D eigenvalue weighted by molar-refractivity contribution is 7.96. The van der Waals surface area contributed by atoms with Crippen molar-refractivity contribution in [3.8, 4) is 5.75 Å². The van der Waals surface area contributed by atoms with Crippen LogP contribution < -0.4 is 4.74 Å². The van der Waals surface area contributed by atoms with Crippen LogP contribution in [0.4, 0.5) is 74.6 Å². The summed E-state index contributed by atoms with van der Waals surface area (Å²) in [6.45, 7) is 7.54. The van der Waals surface area contributed by atoms with Gasteiger partial charge in [-0.05, 0) is 44.5 Å². The summed E-state index contributed by atoms with van der Waals surface area (Å²) in [5.41, 5.74) is 0. The number of benzene rings is 1. The fourth-order valence-electron chi connectivity index (χ4n) is 2.91. The Morgan fingerprint density at radius 3 is 1.29 bits per heavy atom. The molecule has 1 aromatic carbocycles. The summed E-state index contributed by atoms with van der Waals surface area (Å²) in [6.07, 6.45) is -5.57. The maximum atomic E-state index is 13.0. The third kappa shape index (κ3) is 7.81. The summed E-state index contributed by atoms with van der Waals surface area (Å²) in [5, 5.41) is -7.95. The molecule has 0 aromatic heterocycles. The first-order valence-corrected chi connectivity index (χ1v) is 14.9. The average Bonchev–Trinajstić information content (AvgIpc) is 2.88. The fourth-order valence-corrected chi connectivity index (χ4v) is 4.94. The number of rotatable bonds is 14. The predicted molar refractivity (Wildman–Crippen MR) is 124 cm³/mol. The van der Waals surface area contributed by atoms with Crippen molar-refractivity contribution in [1.29, 1.82) is 0 Å². The van der Waals surface area contributed by atoms with Gasteiger partial charge < -0.3 is 9.29 Å². The minimum absolute atomic E-state index is 0.427. The summed E-state index contributed by atoms with van der Waals surface area (Å²) in [6, 6.07) is 8.65. The molecule has 0 saturated carbocycles. The lowest BCUT2D eigenvalue weighted by Gasteiger charge is -2.42. The van der Waals surface area contributed by atoms with Crippen molar-refractivity contribution in [1.82, 2.24) is 0 Å². The van der Waals surface area contributed by atoms with Crippen LogP contribution in [0.3, 0.4) is 0 Å². The number of unbranched alkanes of at least 4 members (excludes halogenated alkanes) is 1. The molecule has 0 aliphatic heterocycles. The smallest absolute Gasteiger partial charge is 0.460 e. The average molecular weight is 739 g/mol. The van der Waals surface area contributed by atoms with Gasteiger partial charge in [0.05, 0.1) is 6.61 Å². The SMILES string of the molecule is CCCCOc1ccc([S+](CC)CC)cc1.O=S(=O)([O-])C(F)(F)C(F)(F)C(F)(F)C(F)(F)C(F)(F)C(F)(F)C(F)(F)C(F)(F)F. The molecule has 0 radical (unpaired) electrons. The molecule has 23 heteroatoms. The predicted octanol–water partition coefficient (Wildman–Crippen LogP) is 8.38. The van der Waals surface area contributed by atoms with E-state index in [1.807, 2.05) is 0 Å². The molecule has 4 nitrogen and oxygen atoms in total. The molecule has 45 heavy (non-hydrogen) atoms. The van der Waals surface area contributed by atoms with E-state index >= 15 is 0 Å². The Labute approximate surface area is 247 Å². The molecule has 266 valence electrons. The first-order valence-electron chi connectivity index (χ1n) is 11.9. The largest absolute Gasteiger partial charge is 0.743 e. The second-order valence-electron chi connectivity index (χ2n) is 8.66. The van der Waals surface area contributed by atoms with Crippen LogP contribution in [0.25, 0.3) is 0 Å². The maximum absolute atomic E-state index is 13.0. The van der Waals surface area contributed by atoms with Gasteiger partial charge in [-0.15, -0.1) is 0 Å². The number of halogens is 17. The molecule has 0 bridgehead atoms. The lowest BCUT2D eigenvalue weighted by atomic mass is 9.91. The second-order valence-corrected chi connectivity index (χ2v) is 12.7. The molecule has 0 heterocycles. The molecule has 0 fully saturated rings. The molecule has 1 aromatic rings. The molecule has 0 unspecified atom stereocenters. The summed E-state index contributed by atoms with van der Waals surface area (Å²) >= 11 is 0. The van der Waals surface area contributed by atoms with Crippen LogP contribution in [0.1, 0.15) is 33.6 Å². The molecule has 0 aliphatic carbocycles. The molecule has 0 aliphatic rings. The summed E-state index contributed by atoms with van der Waals surface area (Å²) in [5.74, 6) is -48.7. The van der Waals surface area contributed by atoms with E-state index in [1.54, 1.807) is 0 Å². The summed E-state index contributed by atoms with van der Waals surface area (Å²) in [7, 11) is -7.72. The first kappa shape index (κ1) is 43.1. The van der Waals surface area contributed by atoms with Gasteiger partial charge in [-0.2, -0.15) is 74.6 Å². The van der Waals surface area contributed by atoms with Crippen molar-refractivity contribution in [3.05, 3.63) is 24.3 Å². The van der Waals surface area contributed by atoms with Crippen LogP contribution in [-0.2, 0) is 21.0 Å². The topological polar surface area (TPSA) is 66.4 Å². The van der Waals surface area contributed by atoms with Gasteiger partial charge in [0.25, 0.3) is 0 Å². The van der Waals surface area contributed by atoms with E-state index in [0.717, 1.165) is 18.8 Å². The molecule has 0 spiro atoms. The van der Waals surface area contributed by atoms with E-state index in [9.17, 15) is 87.6 Å². The van der Waals surface area contributed by atoms with Crippen LogP contribution in [0, 0.1) is 0 Å². The van der Waals surface area contributed by atoms with E-state index in [2.05, 4.69) is 45.0 Å². The van der Waals surface area contributed by atoms with Crippen molar-refractivity contribution in [2.45, 2.75) is 85.5 Å². The Morgan fingerprint density at radius 2 is 0.978 bits per heavy atom. The fraction of sp³-hybridized carbons (Fsp3) is 0.727. The van der Waals surface area contributed by atoms with Crippen molar-refractivity contribution < 1.29 is 92.3 Å². The van der Waals surface area contributed by atoms with Gasteiger partial charge in [-0.25, -0.2) is 8.42 Å². The zero-order chi connectivity index (χ0) is 36.3. The lowest BCUT2D eigenvalue weighted by Crippen LogP contribution is -2.75. The molecular weight excluding hydrogens is 715 g/mol. The Morgan fingerprint density at radius 1 is 0.622 bits per heavy atom. The Hall–Kier alpha value is -1.91. The van der Waals surface area contributed by atoms with E-state index < -0.39 is 57.1 Å². The van der Waals surface area contributed by atoms with Crippen LogP contribution in [0.5, 0.6) is 5.75 Å². The van der Waals surface area contributed by atoms with Crippen LogP contribution in [0.15, 0.2) is 29.2 Å². The van der Waals surface area contributed by atoms with Gasteiger partial charge in [0, 0.05) is 10.9 Å².